The molecule has 0 spiro atoms. The summed E-state index contributed by atoms with van der Waals surface area (Å²) in [4.78, 5) is 17.2. The normalized spacial score (nSPS) is 13.4. The van der Waals surface area contributed by atoms with Crippen LogP contribution in [0, 0.1) is 11.3 Å². The molecule has 0 radical (unpaired) electrons. The fraction of sp³-hybridized carbons (Fsp3) is 0.562. The Hall–Kier alpha value is -2.66. The van der Waals surface area contributed by atoms with Crippen molar-refractivity contribution in [1.29, 1.82) is 0 Å². The fourth-order valence-electron chi connectivity index (χ4n) is 3.41. The summed E-state index contributed by atoms with van der Waals surface area (Å²) in [7, 11) is 0. The first-order valence-electron chi connectivity index (χ1n) is 14.0. The molecule has 1 N–H and O–H groups in total. The second kappa shape index (κ2) is 19.5. The number of hydrogen-bond acceptors (Lipinski definition) is 4. The summed E-state index contributed by atoms with van der Waals surface area (Å²) in [5, 5.41) is 3.99. The first-order valence-corrected chi connectivity index (χ1v) is 14.0. The van der Waals surface area contributed by atoms with Crippen LogP contribution in [0.25, 0.3) is 10.9 Å². The lowest BCUT2D eigenvalue weighted by atomic mass is 9.99. The molecule has 5 heteroatoms. The van der Waals surface area contributed by atoms with Crippen molar-refractivity contribution >= 4 is 10.9 Å². The number of aromatic nitrogens is 2. The Kier molecular flexibility index (Phi) is 18.1. The van der Waals surface area contributed by atoms with Gasteiger partial charge in [-0.3, -0.25) is 9.36 Å². The number of piperidine rings is 1. The molecule has 1 aliphatic rings. The van der Waals surface area contributed by atoms with Crippen LogP contribution in [-0.4, -0.2) is 29.2 Å². The van der Waals surface area contributed by atoms with Gasteiger partial charge >= 0.3 is 0 Å². The molecule has 0 aliphatic carbocycles. The van der Waals surface area contributed by atoms with Crippen molar-refractivity contribution in [2.24, 2.45) is 11.3 Å². The Morgan fingerprint density at radius 2 is 1.78 bits per heavy atom. The lowest BCUT2D eigenvalue weighted by Crippen LogP contribution is -2.30. The lowest BCUT2D eigenvalue weighted by molar-refractivity contribution is 0.215. The quantitative estimate of drug-likeness (QED) is 0.347. The van der Waals surface area contributed by atoms with E-state index in [1.54, 1.807) is 17.0 Å². The Balaban J connectivity index is 0.00000127. The van der Waals surface area contributed by atoms with Crippen molar-refractivity contribution < 1.29 is 4.74 Å². The summed E-state index contributed by atoms with van der Waals surface area (Å²) in [6.07, 6.45) is 11.1. The molecule has 2 aromatic rings. The van der Waals surface area contributed by atoms with E-state index >= 15 is 0 Å². The Bertz CT molecular complexity index is 987. The van der Waals surface area contributed by atoms with Crippen molar-refractivity contribution in [3.05, 3.63) is 71.8 Å². The second-order valence-electron chi connectivity index (χ2n) is 10.3. The molecular weight excluding hydrogens is 458 g/mol. The van der Waals surface area contributed by atoms with E-state index in [-0.39, 0.29) is 5.56 Å². The van der Waals surface area contributed by atoms with Crippen molar-refractivity contribution in [2.75, 3.05) is 19.7 Å². The van der Waals surface area contributed by atoms with E-state index in [1.807, 2.05) is 58.0 Å². The Morgan fingerprint density at radius 1 is 1.16 bits per heavy atom. The number of nitrogens with zero attached hydrogens (tertiary/aromatic N) is 2. The number of aryl methyl sites for hydroxylation is 1. The van der Waals surface area contributed by atoms with E-state index in [4.69, 9.17) is 4.74 Å². The predicted molar refractivity (Wildman–Crippen MR) is 163 cm³/mol. The summed E-state index contributed by atoms with van der Waals surface area (Å²) in [6, 6.07) is 5.56. The van der Waals surface area contributed by atoms with E-state index < -0.39 is 0 Å². The minimum Gasteiger partial charge on any atom is -0.493 e. The van der Waals surface area contributed by atoms with Gasteiger partial charge in [-0.05, 0) is 62.2 Å². The van der Waals surface area contributed by atoms with E-state index in [0.29, 0.717) is 35.4 Å². The number of hydrogen-bond donors (Lipinski definition) is 1. The van der Waals surface area contributed by atoms with Gasteiger partial charge in [-0.1, -0.05) is 92.3 Å². The summed E-state index contributed by atoms with van der Waals surface area (Å²) in [5.41, 5.74) is 2.20. The molecule has 5 nitrogen and oxygen atoms in total. The topological polar surface area (TPSA) is 56.1 Å². The van der Waals surface area contributed by atoms with E-state index in [0.717, 1.165) is 50.1 Å². The summed E-state index contributed by atoms with van der Waals surface area (Å²) in [5.74, 6) is 1.37. The second-order valence-corrected chi connectivity index (χ2v) is 10.3. The number of fused-ring (bicyclic) bond motifs is 1. The van der Waals surface area contributed by atoms with Crippen LogP contribution in [0.4, 0.5) is 0 Å². The molecule has 0 saturated carbocycles. The van der Waals surface area contributed by atoms with Gasteiger partial charge in [-0.15, -0.1) is 0 Å². The summed E-state index contributed by atoms with van der Waals surface area (Å²) >= 11 is 0. The van der Waals surface area contributed by atoms with Crippen molar-refractivity contribution in [2.45, 2.75) is 87.6 Å². The third kappa shape index (κ3) is 15.2. The smallest absolute Gasteiger partial charge is 0.261 e. The van der Waals surface area contributed by atoms with Crippen LogP contribution in [0.15, 0.2) is 66.3 Å². The molecular formula is C32H53N3O2. The maximum atomic E-state index is 12.7. The number of ether oxygens (including phenoxy) is 1. The van der Waals surface area contributed by atoms with Crippen LogP contribution in [-0.2, 0) is 6.54 Å². The van der Waals surface area contributed by atoms with Gasteiger partial charge in [0.15, 0.2) is 0 Å². The van der Waals surface area contributed by atoms with Crippen molar-refractivity contribution in [1.82, 2.24) is 14.9 Å². The molecule has 37 heavy (non-hydrogen) atoms. The third-order valence-corrected chi connectivity index (χ3v) is 5.11. The molecule has 0 bridgehead atoms. The van der Waals surface area contributed by atoms with Gasteiger partial charge in [0.2, 0.25) is 0 Å². The zero-order valence-electron chi connectivity index (χ0n) is 24.9. The minimum absolute atomic E-state index is 0.0119. The first kappa shape index (κ1) is 34.3. The highest BCUT2D eigenvalue weighted by molar-refractivity contribution is 5.78. The average Bonchev–Trinajstić information content (AvgIpc) is 2.89. The van der Waals surface area contributed by atoms with Gasteiger partial charge in [-0.25, -0.2) is 4.98 Å². The summed E-state index contributed by atoms with van der Waals surface area (Å²) in [6.45, 7) is 27.9. The van der Waals surface area contributed by atoms with Crippen molar-refractivity contribution in [3.8, 4) is 5.75 Å². The molecule has 0 atom stereocenters. The average molecular weight is 512 g/mol. The van der Waals surface area contributed by atoms with E-state index in [9.17, 15) is 4.79 Å². The van der Waals surface area contributed by atoms with Crippen LogP contribution in [0.1, 0.15) is 81.1 Å². The number of nitrogens with one attached hydrogen (secondary N) is 1. The SMILES string of the molecule is C=C/C=C\C(=C)CCCn1cnc2cc(OCC3CCNCC3)ccc2c1=O.CC.CC.CC(C)(C)C. The molecule has 1 aromatic carbocycles. The van der Waals surface area contributed by atoms with Gasteiger partial charge < -0.3 is 10.1 Å². The molecule has 0 unspecified atom stereocenters. The monoisotopic (exact) mass is 511 g/mol. The summed E-state index contributed by atoms with van der Waals surface area (Å²) < 4.78 is 7.62. The first-order chi connectivity index (χ1) is 17.7. The van der Waals surface area contributed by atoms with Gasteiger partial charge in [0, 0.05) is 12.6 Å². The van der Waals surface area contributed by atoms with Crippen LogP contribution in [0.5, 0.6) is 5.75 Å². The highest BCUT2D eigenvalue weighted by Gasteiger charge is 2.14. The molecule has 208 valence electrons. The van der Waals surface area contributed by atoms with Crippen LogP contribution in [0.2, 0.25) is 0 Å². The predicted octanol–water partition coefficient (Wildman–Crippen LogP) is 7.96. The molecule has 1 fully saturated rings. The highest BCUT2D eigenvalue weighted by Crippen LogP contribution is 2.19. The standard InChI is InChI=1S/C23H29N3O2.C5H12.2C2H6/c1-3-4-6-18(2)7-5-14-26-17-25-22-15-20(8-9-21(22)23(26)27)28-16-19-10-12-24-13-11-19;1-5(2,3)4;2*1-2/h3-4,6,8-9,15,17,19,24H,1-2,5,7,10-14,16H2;1-4H3;2*1-2H3/b6-4-;;;. The maximum Gasteiger partial charge on any atom is 0.261 e. The van der Waals surface area contributed by atoms with Gasteiger partial charge in [0.1, 0.15) is 5.75 Å². The zero-order valence-corrected chi connectivity index (χ0v) is 24.9. The molecule has 1 aromatic heterocycles. The molecule has 0 amide bonds. The molecule has 1 saturated heterocycles. The number of benzene rings is 1. The van der Waals surface area contributed by atoms with Gasteiger partial charge in [0.05, 0.1) is 23.8 Å². The zero-order chi connectivity index (χ0) is 28.3. The highest BCUT2D eigenvalue weighted by atomic mass is 16.5. The largest absolute Gasteiger partial charge is 0.493 e. The lowest BCUT2D eigenvalue weighted by Gasteiger charge is -2.22. The maximum absolute atomic E-state index is 12.7. The van der Waals surface area contributed by atoms with Crippen LogP contribution < -0.4 is 15.6 Å². The van der Waals surface area contributed by atoms with Crippen LogP contribution in [0.3, 0.4) is 0 Å². The Labute approximate surface area is 226 Å². The molecule has 1 aliphatic heterocycles. The fourth-order valence-corrected chi connectivity index (χ4v) is 3.41. The van der Waals surface area contributed by atoms with Crippen molar-refractivity contribution in [3.63, 3.8) is 0 Å². The third-order valence-electron chi connectivity index (χ3n) is 5.11. The van der Waals surface area contributed by atoms with E-state index in [2.05, 4.69) is 51.2 Å². The minimum atomic E-state index is -0.0119. The van der Waals surface area contributed by atoms with E-state index in [1.165, 1.54) is 0 Å². The Morgan fingerprint density at radius 3 is 2.38 bits per heavy atom. The molecule has 3 rings (SSSR count). The van der Waals surface area contributed by atoms with Crippen LogP contribution >= 0.6 is 0 Å². The van der Waals surface area contributed by atoms with Gasteiger partial charge in [-0.2, -0.15) is 0 Å². The number of allylic oxidation sites excluding steroid dienone is 4. The van der Waals surface area contributed by atoms with Gasteiger partial charge in [0.25, 0.3) is 5.56 Å². The number of rotatable bonds is 9. The molecule has 2 heterocycles.